The number of carbonyl (C=O) groups is 5. The van der Waals surface area contributed by atoms with Crippen LogP contribution >= 0.6 is 11.8 Å². The van der Waals surface area contributed by atoms with Gasteiger partial charge >= 0.3 is 28.3 Å². The Morgan fingerprint density at radius 1 is 1.20 bits per heavy atom. The molecule has 0 bridgehead atoms. The average Bonchev–Trinajstić information content (AvgIpc) is 2.96. The van der Waals surface area contributed by atoms with E-state index in [1.165, 1.54) is 44.6 Å². The SMILES string of the molecule is CO/C(=C\c1ccc(OS(=O)(=O)O)cc1)C(=O)OCC1=C(C(=O)O)N2C(=O)[C@](NC(=O)CCC[C@@H](N)C(=O)O)(OC)[C@H]2SC1. The van der Waals surface area contributed by atoms with Gasteiger partial charge in [0.25, 0.3) is 11.6 Å². The molecule has 0 saturated carbocycles. The van der Waals surface area contributed by atoms with Crippen molar-refractivity contribution in [2.24, 2.45) is 5.73 Å². The summed E-state index contributed by atoms with van der Waals surface area (Å²) in [5, 5.41) is 20.3. The minimum Gasteiger partial charge on any atom is -0.490 e. The number of thioether (sulfide) groups is 1. The number of fused-ring (bicyclic) bond motifs is 1. The van der Waals surface area contributed by atoms with E-state index in [-0.39, 0.29) is 42.1 Å². The van der Waals surface area contributed by atoms with Crippen LogP contribution in [0.2, 0.25) is 0 Å². The number of nitrogens with zero attached hydrogens (tertiary/aromatic N) is 1. The lowest BCUT2D eigenvalue weighted by atomic mass is 9.97. The molecule has 3 atom stereocenters. The number of amides is 2. The number of carboxylic acids is 2. The lowest BCUT2D eigenvalue weighted by Crippen LogP contribution is -2.80. The number of methoxy groups -OCH3 is 2. The van der Waals surface area contributed by atoms with Crippen LogP contribution in [0.25, 0.3) is 6.08 Å². The minimum absolute atomic E-state index is 0.0148. The summed E-state index contributed by atoms with van der Waals surface area (Å²) in [4.78, 5) is 62.4. The largest absolute Gasteiger partial charge is 0.490 e. The highest BCUT2D eigenvalue weighted by Gasteiger charge is 2.66. The molecule has 1 fully saturated rings. The van der Waals surface area contributed by atoms with Gasteiger partial charge in [0.05, 0.1) is 7.11 Å². The molecule has 1 aromatic carbocycles. The van der Waals surface area contributed by atoms with E-state index in [2.05, 4.69) is 9.50 Å². The number of aliphatic carboxylic acids is 2. The molecular formula is C25H29N3O14S2. The zero-order chi connectivity index (χ0) is 32.8. The van der Waals surface area contributed by atoms with Gasteiger partial charge in [-0.05, 0) is 36.6 Å². The summed E-state index contributed by atoms with van der Waals surface area (Å²) in [6, 6.07) is 3.98. The van der Waals surface area contributed by atoms with Crippen molar-refractivity contribution >= 4 is 58.0 Å². The van der Waals surface area contributed by atoms with E-state index < -0.39 is 69.6 Å². The summed E-state index contributed by atoms with van der Waals surface area (Å²) in [6.45, 7) is -0.526. The maximum atomic E-state index is 13.2. The molecule has 1 aromatic rings. The van der Waals surface area contributed by atoms with Gasteiger partial charge in [-0.2, -0.15) is 8.42 Å². The lowest BCUT2D eigenvalue weighted by molar-refractivity contribution is -0.192. The van der Waals surface area contributed by atoms with Crippen molar-refractivity contribution in [3.8, 4) is 5.75 Å². The van der Waals surface area contributed by atoms with Crippen molar-refractivity contribution in [2.45, 2.75) is 36.4 Å². The first kappa shape index (κ1) is 34.3. The van der Waals surface area contributed by atoms with E-state index in [4.69, 9.17) is 29.6 Å². The highest BCUT2D eigenvalue weighted by atomic mass is 32.3. The van der Waals surface area contributed by atoms with Crippen LogP contribution in [0.4, 0.5) is 0 Å². The maximum Gasteiger partial charge on any atom is 0.446 e. The second-order valence-corrected chi connectivity index (χ2v) is 11.4. The average molecular weight is 660 g/mol. The Hall–Kier alpha value is -4.17. The molecule has 3 rings (SSSR count). The summed E-state index contributed by atoms with van der Waals surface area (Å²) in [5.41, 5.74) is 3.56. The number of ether oxygens (including phenoxy) is 3. The number of esters is 1. The van der Waals surface area contributed by atoms with Crippen LogP contribution in [0.5, 0.6) is 5.75 Å². The van der Waals surface area contributed by atoms with E-state index in [0.717, 1.165) is 16.7 Å². The summed E-state index contributed by atoms with van der Waals surface area (Å²) < 4.78 is 50.4. The fraction of sp³-hybridized carbons (Fsp3) is 0.400. The molecular weight excluding hydrogens is 630 g/mol. The minimum atomic E-state index is -4.72. The van der Waals surface area contributed by atoms with E-state index in [1.54, 1.807) is 0 Å². The second kappa shape index (κ2) is 14.1. The number of nitrogens with two attached hydrogens (primary N) is 1. The molecule has 0 spiro atoms. The Kier molecular flexibility index (Phi) is 11.0. The van der Waals surface area contributed by atoms with Crippen molar-refractivity contribution in [1.29, 1.82) is 0 Å². The van der Waals surface area contributed by atoms with Gasteiger partial charge in [0.2, 0.25) is 11.7 Å². The maximum absolute atomic E-state index is 13.2. The van der Waals surface area contributed by atoms with E-state index in [0.29, 0.717) is 5.56 Å². The normalized spacial score (nSPS) is 20.6. The number of benzene rings is 1. The van der Waals surface area contributed by atoms with Crippen LogP contribution in [0.3, 0.4) is 0 Å². The predicted molar refractivity (Wildman–Crippen MR) is 150 cm³/mol. The molecule has 2 aliphatic rings. The third-order valence-electron chi connectivity index (χ3n) is 6.37. The van der Waals surface area contributed by atoms with Crippen LogP contribution in [0.15, 0.2) is 41.3 Å². The van der Waals surface area contributed by atoms with Crippen LogP contribution in [0, 0.1) is 0 Å². The van der Waals surface area contributed by atoms with Gasteiger partial charge in [0, 0.05) is 24.9 Å². The molecule has 0 radical (unpaired) electrons. The van der Waals surface area contributed by atoms with Gasteiger partial charge in [-0.1, -0.05) is 12.1 Å². The molecule has 2 amide bonds. The van der Waals surface area contributed by atoms with Crippen molar-refractivity contribution in [2.75, 3.05) is 26.6 Å². The topological polar surface area (TPSA) is 258 Å². The van der Waals surface area contributed by atoms with Gasteiger partial charge in [-0.15, -0.1) is 11.8 Å². The molecule has 2 aliphatic heterocycles. The number of carboxylic acid groups (broad SMARTS) is 2. The highest BCUT2D eigenvalue weighted by molar-refractivity contribution is 8.00. The first-order valence-electron chi connectivity index (χ1n) is 12.6. The number of carbonyl (C=O) groups excluding carboxylic acids is 3. The van der Waals surface area contributed by atoms with Crippen LogP contribution in [-0.4, -0.2) is 102 Å². The summed E-state index contributed by atoms with van der Waals surface area (Å²) in [5.74, 6) is -5.67. The monoisotopic (exact) mass is 659 g/mol. The van der Waals surface area contributed by atoms with Crippen molar-refractivity contribution in [1.82, 2.24) is 10.2 Å². The van der Waals surface area contributed by atoms with Gasteiger partial charge in [0.15, 0.2) is 0 Å². The van der Waals surface area contributed by atoms with Crippen LogP contribution in [0.1, 0.15) is 24.8 Å². The third-order valence-corrected chi connectivity index (χ3v) is 8.15. The molecule has 6 N–H and O–H groups in total. The number of β-lactam (4-membered cyclic amide) rings is 1. The first-order valence-corrected chi connectivity index (χ1v) is 15.0. The second-order valence-electron chi connectivity index (χ2n) is 9.29. The molecule has 1 saturated heterocycles. The Bertz CT molecular complexity index is 1490. The Labute approximate surface area is 254 Å². The van der Waals surface area contributed by atoms with Gasteiger partial charge in [-0.25, -0.2) is 9.59 Å². The van der Waals surface area contributed by atoms with Crippen molar-refractivity contribution in [3.63, 3.8) is 0 Å². The fourth-order valence-corrected chi connectivity index (χ4v) is 6.02. The lowest BCUT2D eigenvalue weighted by Gasteiger charge is -2.55. The zero-order valence-electron chi connectivity index (χ0n) is 23.3. The van der Waals surface area contributed by atoms with Gasteiger partial charge in [-0.3, -0.25) is 23.8 Å². The number of hydrogen-bond acceptors (Lipinski definition) is 13. The van der Waals surface area contributed by atoms with E-state index >= 15 is 0 Å². The molecule has 0 aliphatic carbocycles. The third kappa shape index (κ3) is 7.85. The standard InChI is InChI=1S/C25H29N3O14S2/c1-39-17(10-13-6-8-15(9-7-13)42-44(36,37)38)22(34)41-11-14-12-43-24-25(40-2,23(35)28(24)19(14)21(32)33)27-18(29)5-3-4-16(26)20(30)31/h6-10,16,24H,3-5,11-12,26H2,1-2H3,(H,27,29)(H,30,31)(H,32,33)(H,36,37,38)/b17-10-/t16-,24-,25+/m1/s1. The Morgan fingerprint density at radius 3 is 2.41 bits per heavy atom. The molecule has 0 unspecified atom stereocenters. The smallest absolute Gasteiger partial charge is 0.446 e. The Balaban J connectivity index is 1.69. The molecule has 0 aromatic heterocycles. The quantitative estimate of drug-likeness (QED) is 0.0404. The van der Waals surface area contributed by atoms with Gasteiger partial charge in [0.1, 0.15) is 29.5 Å². The number of rotatable bonds is 15. The Morgan fingerprint density at radius 2 is 1.86 bits per heavy atom. The number of nitrogens with one attached hydrogen (secondary N) is 1. The predicted octanol–water partition coefficient (Wildman–Crippen LogP) is -0.306. The summed E-state index contributed by atoms with van der Waals surface area (Å²) in [6.07, 6.45) is 1.24. The van der Waals surface area contributed by atoms with E-state index in [9.17, 15) is 37.5 Å². The molecule has 19 heteroatoms. The van der Waals surface area contributed by atoms with Gasteiger partial charge < -0.3 is 39.7 Å². The van der Waals surface area contributed by atoms with Crippen molar-refractivity contribution < 1.29 is 65.5 Å². The van der Waals surface area contributed by atoms with Crippen molar-refractivity contribution in [3.05, 3.63) is 46.9 Å². The first-order chi connectivity index (χ1) is 20.6. The molecule has 44 heavy (non-hydrogen) atoms. The highest BCUT2D eigenvalue weighted by Crippen LogP contribution is 2.46. The molecule has 17 nitrogen and oxygen atoms in total. The number of hydrogen-bond donors (Lipinski definition) is 5. The molecule has 2 heterocycles. The van der Waals surface area contributed by atoms with Crippen LogP contribution < -0.4 is 15.2 Å². The zero-order valence-corrected chi connectivity index (χ0v) is 24.9. The van der Waals surface area contributed by atoms with Crippen LogP contribution in [-0.2, 0) is 48.6 Å². The van der Waals surface area contributed by atoms with E-state index in [1.807, 2.05) is 0 Å². The molecule has 240 valence electrons. The summed E-state index contributed by atoms with van der Waals surface area (Å²) in [7, 11) is -2.36. The fourth-order valence-electron chi connectivity index (χ4n) is 4.25. The summed E-state index contributed by atoms with van der Waals surface area (Å²) >= 11 is 1.06.